The molecule has 0 spiro atoms. The van der Waals surface area contributed by atoms with Gasteiger partial charge in [-0.15, -0.1) is 0 Å². The van der Waals surface area contributed by atoms with Crippen molar-refractivity contribution in [2.24, 2.45) is 5.73 Å². The average molecular weight is 271 g/mol. The highest BCUT2D eigenvalue weighted by Crippen LogP contribution is 2.27. The summed E-state index contributed by atoms with van der Waals surface area (Å²) in [6.45, 7) is 0. The maximum Gasteiger partial charge on any atom is 0.182 e. The largest absolute Gasteiger partial charge is 0.327 e. The fraction of sp³-hybridized carbons (Fsp3) is 0.538. The molecule has 1 aliphatic rings. The number of hydrogen-bond donors (Lipinski definition) is 1. The van der Waals surface area contributed by atoms with Crippen LogP contribution in [0.3, 0.4) is 0 Å². The lowest BCUT2D eigenvalue weighted by Gasteiger charge is -2.21. The van der Waals surface area contributed by atoms with E-state index in [2.05, 4.69) is 0 Å². The molecule has 2 rings (SSSR count). The monoisotopic (exact) mass is 271 g/mol. The van der Waals surface area contributed by atoms with Crippen LogP contribution in [0.2, 0.25) is 0 Å². The Bertz CT molecular complexity index is 515. The maximum atomic E-state index is 13.1. The van der Waals surface area contributed by atoms with Gasteiger partial charge < -0.3 is 5.73 Å². The summed E-state index contributed by atoms with van der Waals surface area (Å²) >= 11 is 0. The summed E-state index contributed by atoms with van der Waals surface area (Å²) in [5.41, 5.74) is 5.97. The Kier molecular flexibility index (Phi) is 4.02. The Labute approximate surface area is 107 Å². The van der Waals surface area contributed by atoms with E-state index in [1.165, 1.54) is 18.2 Å². The van der Waals surface area contributed by atoms with Gasteiger partial charge in [-0.05, 0) is 31.0 Å². The number of sulfone groups is 1. The normalized spacial score (nSPS) is 25.7. The van der Waals surface area contributed by atoms with Crippen LogP contribution in [0.1, 0.15) is 32.1 Å². The van der Waals surface area contributed by atoms with Gasteiger partial charge in [0.1, 0.15) is 5.82 Å². The Hall–Kier alpha value is -0.940. The first-order chi connectivity index (χ1) is 8.51. The van der Waals surface area contributed by atoms with Crippen molar-refractivity contribution in [2.45, 2.75) is 48.3 Å². The minimum atomic E-state index is -3.52. The van der Waals surface area contributed by atoms with E-state index in [-0.39, 0.29) is 10.9 Å². The maximum absolute atomic E-state index is 13.1. The minimum absolute atomic E-state index is 0.0462. The molecule has 1 aromatic rings. The zero-order chi connectivity index (χ0) is 13.2. The highest BCUT2D eigenvalue weighted by Gasteiger charge is 2.33. The van der Waals surface area contributed by atoms with Crippen molar-refractivity contribution in [1.82, 2.24) is 0 Å². The van der Waals surface area contributed by atoms with Crippen molar-refractivity contribution < 1.29 is 12.8 Å². The Morgan fingerprint density at radius 3 is 2.61 bits per heavy atom. The summed E-state index contributed by atoms with van der Waals surface area (Å²) in [5.74, 6) is -0.529. The third kappa shape index (κ3) is 2.72. The van der Waals surface area contributed by atoms with Gasteiger partial charge in [0.25, 0.3) is 0 Å². The molecule has 0 bridgehead atoms. The molecular formula is C13H18FNO2S. The van der Waals surface area contributed by atoms with Gasteiger partial charge in [-0.2, -0.15) is 0 Å². The van der Waals surface area contributed by atoms with E-state index < -0.39 is 20.9 Å². The molecule has 5 heteroatoms. The van der Waals surface area contributed by atoms with Crippen molar-refractivity contribution in [3.63, 3.8) is 0 Å². The zero-order valence-corrected chi connectivity index (χ0v) is 11.0. The first kappa shape index (κ1) is 13.5. The van der Waals surface area contributed by atoms with E-state index in [9.17, 15) is 12.8 Å². The van der Waals surface area contributed by atoms with Gasteiger partial charge in [-0.1, -0.05) is 25.3 Å². The molecule has 2 atom stereocenters. The molecule has 1 aliphatic carbocycles. The summed E-state index contributed by atoms with van der Waals surface area (Å²) in [5, 5.41) is -0.582. The van der Waals surface area contributed by atoms with E-state index in [1.807, 2.05) is 0 Å². The van der Waals surface area contributed by atoms with Gasteiger partial charge in [0, 0.05) is 6.04 Å². The summed E-state index contributed by atoms with van der Waals surface area (Å²) in [6, 6.07) is 4.83. The molecule has 1 fully saturated rings. The smallest absolute Gasteiger partial charge is 0.182 e. The number of rotatable bonds is 2. The van der Waals surface area contributed by atoms with Crippen LogP contribution in [0.25, 0.3) is 0 Å². The molecule has 1 aromatic carbocycles. The molecule has 0 saturated heterocycles. The molecule has 100 valence electrons. The molecule has 0 aromatic heterocycles. The predicted molar refractivity (Wildman–Crippen MR) is 68.4 cm³/mol. The second-order valence-corrected chi connectivity index (χ2v) is 7.01. The van der Waals surface area contributed by atoms with E-state index in [1.54, 1.807) is 0 Å². The average Bonchev–Trinajstić information content (AvgIpc) is 2.54. The summed E-state index contributed by atoms with van der Waals surface area (Å²) in [7, 11) is -3.52. The van der Waals surface area contributed by atoms with Crippen molar-refractivity contribution in [2.75, 3.05) is 0 Å². The highest BCUT2D eigenvalue weighted by molar-refractivity contribution is 7.92. The fourth-order valence-electron chi connectivity index (χ4n) is 2.51. The van der Waals surface area contributed by atoms with E-state index in [0.717, 1.165) is 31.7 Å². The first-order valence-electron chi connectivity index (χ1n) is 6.27. The van der Waals surface area contributed by atoms with Crippen molar-refractivity contribution in [3.05, 3.63) is 30.1 Å². The summed E-state index contributed by atoms with van der Waals surface area (Å²) in [6.07, 6.45) is 4.14. The lowest BCUT2D eigenvalue weighted by Crippen LogP contribution is -2.39. The van der Waals surface area contributed by atoms with Crippen LogP contribution < -0.4 is 5.73 Å². The summed E-state index contributed by atoms with van der Waals surface area (Å²) in [4.78, 5) is 0.0462. The number of benzene rings is 1. The Morgan fingerprint density at radius 1 is 1.17 bits per heavy atom. The van der Waals surface area contributed by atoms with Crippen LogP contribution in [0, 0.1) is 5.82 Å². The molecule has 0 amide bonds. The molecule has 0 heterocycles. The SMILES string of the molecule is NC1CCCCCC1S(=O)(=O)c1cccc(F)c1. The van der Waals surface area contributed by atoms with Crippen LogP contribution in [-0.2, 0) is 9.84 Å². The molecular weight excluding hydrogens is 253 g/mol. The third-order valence-corrected chi connectivity index (χ3v) is 5.82. The van der Waals surface area contributed by atoms with Crippen LogP contribution in [0.5, 0.6) is 0 Å². The standard InChI is InChI=1S/C13H18FNO2S/c14-10-5-4-6-11(9-10)18(16,17)13-8-3-1-2-7-12(13)15/h4-6,9,12-13H,1-3,7-8,15H2. The lowest BCUT2D eigenvalue weighted by atomic mass is 10.1. The van der Waals surface area contributed by atoms with Crippen molar-refractivity contribution >= 4 is 9.84 Å². The number of halogens is 1. The zero-order valence-electron chi connectivity index (χ0n) is 10.2. The van der Waals surface area contributed by atoms with Gasteiger partial charge in [0.15, 0.2) is 9.84 Å². The van der Waals surface area contributed by atoms with E-state index in [4.69, 9.17) is 5.73 Å². The summed E-state index contributed by atoms with van der Waals surface area (Å²) < 4.78 is 38.1. The van der Waals surface area contributed by atoms with Crippen LogP contribution >= 0.6 is 0 Å². The second kappa shape index (κ2) is 5.36. The van der Waals surface area contributed by atoms with Crippen LogP contribution in [0.15, 0.2) is 29.2 Å². The minimum Gasteiger partial charge on any atom is -0.327 e. The Morgan fingerprint density at radius 2 is 1.89 bits per heavy atom. The fourth-order valence-corrected chi connectivity index (χ4v) is 4.47. The predicted octanol–water partition coefficient (Wildman–Crippen LogP) is 2.26. The van der Waals surface area contributed by atoms with Gasteiger partial charge in [0.2, 0.25) is 0 Å². The number of hydrogen-bond acceptors (Lipinski definition) is 3. The number of nitrogens with two attached hydrogens (primary N) is 1. The Balaban J connectivity index is 2.35. The van der Waals surface area contributed by atoms with Gasteiger partial charge in [0.05, 0.1) is 10.1 Å². The molecule has 0 radical (unpaired) electrons. The molecule has 0 aliphatic heterocycles. The van der Waals surface area contributed by atoms with E-state index >= 15 is 0 Å². The molecule has 2 N–H and O–H groups in total. The topological polar surface area (TPSA) is 60.2 Å². The lowest BCUT2D eigenvalue weighted by molar-refractivity contribution is 0.530. The molecule has 18 heavy (non-hydrogen) atoms. The quantitative estimate of drug-likeness (QED) is 0.839. The van der Waals surface area contributed by atoms with Crippen LogP contribution in [0.4, 0.5) is 4.39 Å². The third-order valence-electron chi connectivity index (χ3n) is 3.53. The van der Waals surface area contributed by atoms with Crippen molar-refractivity contribution in [3.8, 4) is 0 Å². The molecule has 1 saturated carbocycles. The molecule has 3 nitrogen and oxygen atoms in total. The van der Waals surface area contributed by atoms with Gasteiger partial charge >= 0.3 is 0 Å². The van der Waals surface area contributed by atoms with E-state index in [0.29, 0.717) is 6.42 Å². The van der Waals surface area contributed by atoms with Gasteiger partial charge in [-0.25, -0.2) is 12.8 Å². The first-order valence-corrected chi connectivity index (χ1v) is 7.81. The van der Waals surface area contributed by atoms with Crippen molar-refractivity contribution in [1.29, 1.82) is 0 Å². The van der Waals surface area contributed by atoms with Crippen LogP contribution in [-0.4, -0.2) is 19.7 Å². The van der Waals surface area contributed by atoms with Gasteiger partial charge in [-0.3, -0.25) is 0 Å². The second-order valence-electron chi connectivity index (χ2n) is 4.84. The molecule has 2 unspecified atom stereocenters. The highest BCUT2D eigenvalue weighted by atomic mass is 32.2.